The molecule has 10 nitrogen and oxygen atoms in total. The molecule has 164 valence electrons. The molecule has 0 bridgehead atoms. The minimum absolute atomic E-state index is 0.186. The summed E-state index contributed by atoms with van der Waals surface area (Å²) in [5, 5.41) is 12.1. The van der Waals surface area contributed by atoms with Gasteiger partial charge in [-0.1, -0.05) is 35.5 Å². The number of nitrogens with zero attached hydrogens (tertiary/aromatic N) is 4. The minimum atomic E-state index is -0.411. The van der Waals surface area contributed by atoms with Gasteiger partial charge in [0, 0.05) is 30.2 Å². The summed E-state index contributed by atoms with van der Waals surface area (Å²) in [7, 11) is 3.03. The number of hydrogen-bond acceptors (Lipinski definition) is 8. The van der Waals surface area contributed by atoms with Gasteiger partial charge < -0.3 is 19.3 Å². The molecule has 1 aliphatic rings. The highest BCUT2D eigenvalue weighted by molar-refractivity contribution is 6.02. The Kier molecular flexibility index (Phi) is 6.11. The standard InChI is InChI=1S/C22H21N5O5/c1-30-17-10-8-15(12-18(17)31-2)23-19(28)13-27-20(29)11-9-16(25-27)22-24-21(26-32-22)14-6-4-3-5-7-14/h3-8,10,12H,9,11,13H2,1-2H3,(H,23,28). The number of anilines is 1. The number of rotatable bonds is 7. The lowest BCUT2D eigenvalue weighted by Gasteiger charge is -2.21. The van der Waals surface area contributed by atoms with Crippen molar-refractivity contribution in [1.29, 1.82) is 0 Å². The van der Waals surface area contributed by atoms with Crippen LogP contribution in [0.3, 0.4) is 0 Å². The Labute approximate surface area is 183 Å². The van der Waals surface area contributed by atoms with Crippen LogP contribution in [0.25, 0.3) is 11.4 Å². The summed E-state index contributed by atoms with van der Waals surface area (Å²) >= 11 is 0. The van der Waals surface area contributed by atoms with E-state index in [2.05, 4.69) is 20.6 Å². The molecule has 0 saturated carbocycles. The van der Waals surface area contributed by atoms with Crippen molar-refractivity contribution in [2.24, 2.45) is 5.10 Å². The first kappa shape index (κ1) is 21.0. The lowest BCUT2D eigenvalue weighted by Crippen LogP contribution is -2.38. The minimum Gasteiger partial charge on any atom is -0.493 e. The van der Waals surface area contributed by atoms with Crippen molar-refractivity contribution in [2.75, 3.05) is 26.1 Å². The number of carbonyl (C=O) groups is 2. The topological polar surface area (TPSA) is 119 Å². The molecule has 0 fully saturated rings. The third-order valence-electron chi connectivity index (χ3n) is 4.77. The van der Waals surface area contributed by atoms with Crippen LogP contribution in [0.15, 0.2) is 58.2 Å². The van der Waals surface area contributed by atoms with Gasteiger partial charge in [0.05, 0.1) is 14.2 Å². The zero-order valence-corrected chi connectivity index (χ0v) is 17.6. The summed E-state index contributed by atoms with van der Waals surface area (Å²) in [6, 6.07) is 14.4. The van der Waals surface area contributed by atoms with Crippen LogP contribution in [0, 0.1) is 0 Å². The van der Waals surface area contributed by atoms with Crippen LogP contribution in [-0.2, 0) is 9.59 Å². The second kappa shape index (κ2) is 9.29. The predicted octanol–water partition coefficient (Wildman–Crippen LogP) is 2.72. The Morgan fingerprint density at radius 1 is 1.09 bits per heavy atom. The van der Waals surface area contributed by atoms with Crippen LogP contribution in [0.4, 0.5) is 5.69 Å². The van der Waals surface area contributed by atoms with Crippen LogP contribution < -0.4 is 14.8 Å². The fourth-order valence-electron chi connectivity index (χ4n) is 3.17. The van der Waals surface area contributed by atoms with Crippen LogP contribution in [-0.4, -0.2) is 53.4 Å². The number of ether oxygens (including phenoxy) is 2. The summed E-state index contributed by atoms with van der Waals surface area (Å²) in [6.45, 7) is -0.254. The first-order valence-corrected chi connectivity index (χ1v) is 9.86. The van der Waals surface area contributed by atoms with E-state index in [4.69, 9.17) is 14.0 Å². The summed E-state index contributed by atoms with van der Waals surface area (Å²) in [5.74, 6) is 0.996. The second-order valence-corrected chi connectivity index (χ2v) is 6.91. The number of hydrogen-bond donors (Lipinski definition) is 1. The van der Waals surface area contributed by atoms with E-state index < -0.39 is 5.91 Å². The number of carbonyl (C=O) groups excluding carboxylic acids is 2. The van der Waals surface area contributed by atoms with Gasteiger partial charge in [0.25, 0.3) is 5.89 Å². The average molecular weight is 435 g/mol. The Balaban J connectivity index is 1.46. The van der Waals surface area contributed by atoms with Crippen LogP contribution in [0.1, 0.15) is 18.7 Å². The maximum Gasteiger partial charge on any atom is 0.274 e. The van der Waals surface area contributed by atoms with Gasteiger partial charge >= 0.3 is 0 Å². The Hall–Kier alpha value is -4.21. The second-order valence-electron chi connectivity index (χ2n) is 6.91. The molecule has 1 aromatic heterocycles. The summed E-state index contributed by atoms with van der Waals surface area (Å²) in [6.07, 6.45) is 0.536. The molecule has 3 aromatic rings. The van der Waals surface area contributed by atoms with Crippen molar-refractivity contribution in [3.05, 3.63) is 54.4 Å². The Morgan fingerprint density at radius 3 is 2.62 bits per heavy atom. The van der Waals surface area contributed by atoms with Gasteiger partial charge in [0.2, 0.25) is 17.6 Å². The molecule has 0 aliphatic carbocycles. The van der Waals surface area contributed by atoms with Crippen molar-refractivity contribution >= 4 is 23.2 Å². The van der Waals surface area contributed by atoms with Crippen molar-refractivity contribution in [1.82, 2.24) is 15.1 Å². The number of amides is 2. The van der Waals surface area contributed by atoms with E-state index in [1.807, 2.05) is 30.3 Å². The Morgan fingerprint density at radius 2 is 1.88 bits per heavy atom. The normalized spacial score (nSPS) is 13.5. The number of methoxy groups -OCH3 is 2. The molecule has 0 spiro atoms. The van der Waals surface area contributed by atoms with Crippen molar-refractivity contribution in [2.45, 2.75) is 12.8 Å². The fraction of sp³-hybridized carbons (Fsp3) is 0.227. The molecule has 2 amide bonds. The SMILES string of the molecule is COc1ccc(NC(=O)CN2N=C(c3nc(-c4ccccc4)no3)CCC2=O)cc1OC. The summed E-state index contributed by atoms with van der Waals surface area (Å²) < 4.78 is 15.8. The average Bonchev–Trinajstić information content (AvgIpc) is 3.31. The fourth-order valence-corrected chi connectivity index (χ4v) is 3.17. The summed E-state index contributed by atoms with van der Waals surface area (Å²) in [5.41, 5.74) is 1.77. The van der Waals surface area contributed by atoms with Gasteiger partial charge in [-0.15, -0.1) is 0 Å². The molecular weight excluding hydrogens is 414 g/mol. The molecule has 1 N–H and O–H groups in total. The van der Waals surface area contributed by atoms with E-state index in [0.717, 1.165) is 10.6 Å². The van der Waals surface area contributed by atoms with E-state index in [0.29, 0.717) is 35.1 Å². The van der Waals surface area contributed by atoms with Gasteiger partial charge in [-0.3, -0.25) is 9.59 Å². The van der Waals surface area contributed by atoms with Crippen molar-refractivity contribution in [3.8, 4) is 22.9 Å². The smallest absolute Gasteiger partial charge is 0.274 e. The van der Waals surface area contributed by atoms with Crippen molar-refractivity contribution < 1.29 is 23.6 Å². The van der Waals surface area contributed by atoms with Crippen molar-refractivity contribution in [3.63, 3.8) is 0 Å². The van der Waals surface area contributed by atoms with E-state index in [1.165, 1.54) is 14.2 Å². The molecule has 2 heterocycles. The molecule has 1 aliphatic heterocycles. The molecule has 0 unspecified atom stereocenters. The molecule has 0 atom stereocenters. The summed E-state index contributed by atoms with van der Waals surface area (Å²) in [4.78, 5) is 29.2. The predicted molar refractivity (Wildman–Crippen MR) is 115 cm³/mol. The van der Waals surface area contributed by atoms with Crippen LogP contribution in [0.5, 0.6) is 11.5 Å². The highest BCUT2D eigenvalue weighted by Gasteiger charge is 2.26. The van der Waals surface area contributed by atoms with E-state index >= 15 is 0 Å². The highest BCUT2D eigenvalue weighted by atomic mass is 16.5. The van der Waals surface area contributed by atoms with Gasteiger partial charge in [0.1, 0.15) is 12.3 Å². The quantitative estimate of drug-likeness (QED) is 0.606. The molecule has 4 rings (SSSR count). The van der Waals surface area contributed by atoms with Gasteiger partial charge in [0.15, 0.2) is 11.5 Å². The first-order valence-electron chi connectivity index (χ1n) is 9.86. The maximum absolute atomic E-state index is 12.5. The van der Waals surface area contributed by atoms with Crippen LogP contribution >= 0.6 is 0 Å². The lowest BCUT2D eigenvalue weighted by molar-refractivity contribution is -0.135. The molecule has 0 radical (unpaired) electrons. The molecule has 32 heavy (non-hydrogen) atoms. The number of nitrogens with one attached hydrogen (secondary N) is 1. The molecule has 2 aromatic carbocycles. The zero-order chi connectivity index (χ0) is 22.5. The Bertz CT molecular complexity index is 1160. The third-order valence-corrected chi connectivity index (χ3v) is 4.77. The van der Waals surface area contributed by atoms with Gasteiger partial charge in [-0.25, -0.2) is 5.01 Å². The maximum atomic E-state index is 12.5. The number of benzene rings is 2. The number of aromatic nitrogens is 2. The first-order chi connectivity index (χ1) is 15.6. The van der Waals surface area contributed by atoms with Gasteiger partial charge in [-0.2, -0.15) is 10.1 Å². The highest BCUT2D eigenvalue weighted by Crippen LogP contribution is 2.29. The van der Waals surface area contributed by atoms with E-state index in [1.54, 1.807) is 18.2 Å². The molecule has 10 heteroatoms. The molecule has 0 saturated heterocycles. The number of hydrazone groups is 1. The van der Waals surface area contributed by atoms with E-state index in [-0.39, 0.29) is 24.8 Å². The monoisotopic (exact) mass is 435 g/mol. The third kappa shape index (κ3) is 4.59. The zero-order valence-electron chi connectivity index (χ0n) is 17.6. The largest absolute Gasteiger partial charge is 0.493 e. The lowest BCUT2D eigenvalue weighted by atomic mass is 10.1. The van der Waals surface area contributed by atoms with Gasteiger partial charge in [-0.05, 0) is 12.1 Å². The van der Waals surface area contributed by atoms with E-state index in [9.17, 15) is 9.59 Å². The van der Waals surface area contributed by atoms with Crippen LogP contribution in [0.2, 0.25) is 0 Å². The molecular formula is C22H21N5O5.